The lowest BCUT2D eigenvalue weighted by Gasteiger charge is -2.25. The SMILES string of the molecule is COc1ccc(C(=O)N2CC=C(C)CC2)c(F)c1. The maximum Gasteiger partial charge on any atom is 0.257 e. The molecule has 0 unspecified atom stereocenters. The fourth-order valence-electron chi connectivity index (χ4n) is 1.92. The molecule has 0 aliphatic carbocycles. The number of carbonyl (C=O) groups is 1. The standard InChI is InChI=1S/C14H16FNO2/c1-10-5-7-16(8-6-10)14(17)12-4-3-11(18-2)9-13(12)15/h3-5,9H,6-8H2,1-2H3. The van der Waals surface area contributed by atoms with E-state index in [9.17, 15) is 9.18 Å². The smallest absolute Gasteiger partial charge is 0.257 e. The second-order valence-electron chi connectivity index (χ2n) is 4.40. The van der Waals surface area contributed by atoms with Gasteiger partial charge >= 0.3 is 0 Å². The summed E-state index contributed by atoms with van der Waals surface area (Å²) in [5.74, 6) is -0.386. The molecule has 0 radical (unpaired) electrons. The number of halogens is 1. The summed E-state index contributed by atoms with van der Waals surface area (Å²) in [4.78, 5) is 13.8. The molecule has 0 aromatic heterocycles. The van der Waals surface area contributed by atoms with Gasteiger partial charge in [0.25, 0.3) is 5.91 Å². The zero-order chi connectivity index (χ0) is 13.1. The van der Waals surface area contributed by atoms with Crippen LogP contribution in [0, 0.1) is 5.82 Å². The number of benzene rings is 1. The highest BCUT2D eigenvalue weighted by atomic mass is 19.1. The summed E-state index contributed by atoms with van der Waals surface area (Å²) < 4.78 is 18.7. The van der Waals surface area contributed by atoms with Crippen LogP contribution in [-0.2, 0) is 0 Å². The Morgan fingerprint density at radius 1 is 1.44 bits per heavy atom. The first-order valence-electron chi connectivity index (χ1n) is 5.90. The number of hydrogen-bond donors (Lipinski definition) is 0. The van der Waals surface area contributed by atoms with Gasteiger partial charge in [-0.2, -0.15) is 0 Å². The number of carbonyl (C=O) groups excluding carboxylic acids is 1. The second kappa shape index (κ2) is 5.21. The first kappa shape index (κ1) is 12.6. The highest BCUT2D eigenvalue weighted by molar-refractivity contribution is 5.94. The molecular formula is C14H16FNO2. The lowest BCUT2D eigenvalue weighted by molar-refractivity contribution is 0.0764. The Bertz CT molecular complexity index is 497. The van der Waals surface area contributed by atoms with Gasteiger partial charge in [0.15, 0.2) is 0 Å². The van der Waals surface area contributed by atoms with E-state index in [-0.39, 0.29) is 11.5 Å². The van der Waals surface area contributed by atoms with Crippen LogP contribution < -0.4 is 4.74 Å². The summed E-state index contributed by atoms with van der Waals surface area (Å²) in [7, 11) is 1.47. The Labute approximate surface area is 106 Å². The van der Waals surface area contributed by atoms with E-state index in [1.807, 2.05) is 13.0 Å². The van der Waals surface area contributed by atoms with Gasteiger partial charge in [-0.25, -0.2) is 4.39 Å². The molecule has 1 aromatic carbocycles. The third kappa shape index (κ3) is 2.53. The number of nitrogens with zero attached hydrogens (tertiary/aromatic N) is 1. The van der Waals surface area contributed by atoms with Crippen LogP contribution >= 0.6 is 0 Å². The van der Waals surface area contributed by atoms with Crippen LogP contribution in [0.1, 0.15) is 23.7 Å². The van der Waals surface area contributed by atoms with E-state index >= 15 is 0 Å². The molecule has 0 fully saturated rings. The zero-order valence-electron chi connectivity index (χ0n) is 10.6. The first-order valence-corrected chi connectivity index (χ1v) is 5.90. The van der Waals surface area contributed by atoms with E-state index in [2.05, 4.69) is 0 Å². The number of amides is 1. The van der Waals surface area contributed by atoms with Gasteiger partial charge in [0, 0.05) is 19.2 Å². The molecule has 1 aromatic rings. The summed E-state index contributed by atoms with van der Waals surface area (Å²) in [5, 5.41) is 0. The summed E-state index contributed by atoms with van der Waals surface area (Å²) >= 11 is 0. The van der Waals surface area contributed by atoms with E-state index in [1.165, 1.54) is 24.8 Å². The van der Waals surface area contributed by atoms with E-state index in [0.717, 1.165) is 6.42 Å². The Balaban J connectivity index is 2.19. The average Bonchev–Trinajstić information content (AvgIpc) is 2.38. The Morgan fingerprint density at radius 3 is 2.78 bits per heavy atom. The predicted octanol–water partition coefficient (Wildman–Crippen LogP) is 2.63. The minimum atomic E-state index is -0.536. The monoisotopic (exact) mass is 249 g/mol. The van der Waals surface area contributed by atoms with Crippen LogP contribution in [0.5, 0.6) is 5.75 Å². The van der Waals surface area contributed by atoms with Crippen LogP contribution in [0.2, 0.25) is 0 Å². The molecule has 2 rings (SSSR count). The van der Waals surface area contributed by atoms with Crippen molar-refractivity contribution in [2.24, 2.45) is 0 Å². The largest absolute Gasteiger partial charge is 0.497 e. The van der Waals surface area contributed by atoms with Crippen molar-refractivity contribution >= 4 is 5.91 Å². The minimum Gasteiger partial charge on any atom is -0.497 e. The number of ether oxygens (including phenoxy) is 1. The van der Waals surface area contributed by atoms with E-state index < -0.39 is 5.82 Å². The van der Waals surface area contributed by atoms with Gasteiger partial charge in [0.2, 0.25) is 0 Å². The van der Waals surface area contributed by atoms with Crippen LogP contribution in [0.15, 0.2) is 29.8 Å². The summed E-state index contributed by atoms with van der Waals surface area (Å²) in [6.07, 6.45) is 2.85. The molecule has 0 atom stereocenters. The van der Waals surface area contributed by atoms with Crippen molar-refractivity contribution in [1.82, 2.24) is 4.90 Å². The molecule has 1 amide bonds. The van der Waals surface area contributed by atoms with Gasteiger partial charge in [0.05, 0.1) is 12.7 Å². The molecule has 0 spiro atoms. The summed E-state index contributed by atoms with van der Waals surface area (Å²) in [6, 6.07) is 4.31. The molecule has 1 aliphatic rings. The van der Waals surface area contributed by atoms with E-state index in [1.54, 1.807) is 11.0 Å². The molecule has 0 saturated heterocycles. The highest BCUT2D eigenvalue weighted by Gasteiger charge is 2.20. The third-order valence-electron chi connectivity index (χ3n) is 3.13. The van der Waals surface area contributed by atoms with Gasteiger partial charge in [-0.1, -0.05) is 11.6 Å². The van der Waals surface area contributed by atoms with Crippen molar-refractivity contribution in [1.29, 1.82) is 0 Å². The van der Waals surface area contributed by atoms with Crippen molar-refractivity contribution in [3.05, 3.63) is 41.2 Å². The van der Waals surface area contributed by atoms with Gasteiger partial charge in [-0.15, -0.1) is 0 Å². The zero-order valence-corrected chi connectivity index (χ0v) is 10.6. The molecule has 0 N–H and O–H groups in total. The van der Waals surface area contributed by atoms with Crippen molar-refractivity contribution in [2.75, 3.05) is 20.2 Å². The molecule has 0 bridgehead atoms. The lowest BCUT2D eigenvalue weighted by Crippen LogP contribution is -2.35. The maximum atomic E-state index is 13.8. The molecule has 4 heteroatoms. The molecule has 1 aliphatic heterocycles. The first-order chi connectivity index (χ1) is 8.61. The Kier molecular flexibility index (Phi) is 3.65. The molecule has 18 heavy (non-hydrogen) atoms. The van der Waals surface area contributed by atoms with E-state index in [4.69, 9.17) is 4.74 Å². The molecule has 96 valence electrons. The van der Waals surface area contributed by atoms with Crippen molar-refractivity contribution < 1.29 is 13.9 Å². The number of methoxy groups -OCH3 is 1. The Morgan fingerprint density at radius 2 is 2.22 bits per heavy atom. The molecule has 0 saturated carbocycles. The summed E-state index contributed by atoms with van der Waals surface area (Å²) in [5.41, 5.74) is 1.37. The van der Waals surface area contributed by atoms with Crippen LogP contribution in [0.4, 0.5) is 4.39 Å². The van der Waals surface area contributed by atoms with Crippen LogP contribution in [0.3, 0.4) is 0 Å². The number of hydrogen-bond acceptors (Lipinski definition) is 2. The fraction of sp³-hybridized carbons (Fsp3) is 0.357. The van der Waals surface area contributed by atoms with Gasteiger partial charge in [-0.3, -0.25) is 4.79 Å². The quantitative estimate of drug-likeness (QED) is 0.754. The fourth-order valence-corrected chi connectivity index (χ4v) is 1.92. The van der Waals surface area contributed by atoms with Gasteiger partial charge in [0.1, 0.15) is 11.6 Å². The predicted molar refractivity (Wildman–Crippen MR) is 67.2 cm³/mol. The van der Waals surface area contributed by atoms with Crippen molar-refractivity contribution in [2.45, 2.75) is 13.3 Å². The molecule has 1 heterocycles. The maximum absolute atomic E-state index is 13.8. The molecular weight excluding hydrogens is 233 g/mol. The third-order valence-corrected chi connectivity index (χ3v) is 3.13. The average molecular weight is 249 g/mol. The molecule has 3 nitrogen and oxygen atoms in total. The normalized spacial score (nSPS) is 15.3. The lowest BCUT2D eigenvalue weighted by atomic mass is 10.1. The highest BCUT2D eigenvalue weighted by Crippen LogP contribution is 2.19. The van der Waals surface area contributed by atoms with Crippen molar-refractivity contribution in [3.63, 3.8) is 0 Å². The van der Waals surface area contributed by atoms with Crippen LogP contribution in [-0.4, -0.2) is 31.0 Å². The van der Waals surface area contributed by atoms with Gasteiger partial charge in [-0.05, 0) is 25.5 Å². The minimum absolute atomic E-state index is 0.101. The summed E-state index contributed by atoms with van der Waals surface area (Å²) in [6.45, 7) is 3.23. The second-order valence-corrected chi connectivity index (χ2v) is 4.40. The van der Waals surface area contributed by atoms with Crippen LogP contribution in [0.25, 0.3) is 0 Å². The number of rotatable bonds is 2. The van der Waals surface area contributed by atoms with Gasteiger partial charge < -0.3 is 9.64 Å². The topological polar surface area (TPSA) is 29.5 Å². The van der Waals surface area contributed by atoms with E-state index in [0.29, 0.717) is 18.8 Å². The Hall–Kier alpha value is -1.84. The van der Waals surface area contributed by atoms with Crippen molar-refractivity contribution in [3.8, 4) is 5.75 Å².